The van der Waals surface area contributed by atoms with Crippen LogP contribution in [0.25, 0.3) is 11.1 Å². The Kier molecular flexibility index (Phi) is 7.17. The van der Waals surface area contributed by atoms with Crippen LogP contribution in [0.2, 0.25) is 0 Å². The molecule has 0 aromatic heterocycles. The molecule has 0 unspecified atom stereocenters. The average Bonchev–Trinajstić information content (AvgIpc) is 3.43. The maximum atomic E-state index is 12.7. The predicted molar refractivity (Wildman–Crippen MR) is 125 cm³/mol. The van der Waals surface area contributed by atoms with Gasteiger partial charge in [0.25, 0.3) is 5.91 Å². The van der Waals surface area contributed by atoms with Crippen LogP contribution in [0.5, 0.6) is 0 Å². The van der Waals surface area contributed by atoms with Crippen molar-refractivity contribution in [3.05, 3.63) is 59.7 Å². The molecule has 2 amide bonds. The van der Waals surface area contributed by atoms with E-state index >= 15 is 0 Å². The Morgan fingerprint density at radius 3 is 2.29 bits per heavy atom. The summed E-state index contributed by atoms with van der Waals surface area (Å²) in [5, 5.41) is 14.7. The van der Waals surface area contributed by atoms with Crippen LogP contribution in [-0.2, 0) is 19.1 Å². The molecule has 1 heterocycles. The van der Waals surface area contributed by atoms with Crippen LogP contribution in [0.4, 0.5) is 4.79 Å². The van der Waals surface area contributed by atoms with E-state index in [9.17, 15) is 19.5 Å². The van der Waals surface area contributed by atoms with Gasteiger partial charge in [0.1, 0.15) is 12.6 Å². The number of carbonyl (C=O) groups is 3. The van der Waals surface area contributed by atoms with E-state index in [-0.39, 0.29) is 25.0 Å². The SMILES string of the molecule is CC[C@H](C)[C@H](NC(=O)[C@@H]1OCC[C@@H]1NC(=O)OCC1c2ccccc2-c2ccccc21)C(=O)O. The molecule has 0 spiro atoms. The quantitative estimate of drug-likeness (QED) is 0.550. The first-order chi connectivity index (χ1) is 16.4. The van der Waals surface area contributed by atoms with Crippen molar-refractivity contribution in [2.45, 2.75) is 50.8 Å². The number of carbonyl (C=O) groups excluding carboxylic acids is 2. The van der Waals surface area contributed by atoms with E-state index in [1.165, 1.54) is 0 Å². The number of carboxylic acids is 1. The largest absolute Gasteiger partial charge is 0.480 e. The van der Waals surface area contributed by atoms with Crippen molar-refractivity contribution in [2.75, 3.05) is 13.2 Å². The lowest BCUT2D eigenvalue weighted by Crippen LogP contribution is -2.53. The van der Waals surface area contributed by atoms with Crippen molar-refractivity contribution in [2.24, 2.45) is 5.92 Å². The topological polar surface area (TPSA) is 114 Å². The van der Waals surface area contributed by atoms with Gasteiger partial charge >= 0.3 is 12.1 Å². The average molecular weight is 467 g/mol. The fourth-order valence-electron chi connectivity index (χ4n) is 4.71. The van der Waals surface area contributed by atoms with Crippen molar-refractivity contribution in [1.29, 1.82) is 0 Å². The lowest BCUT2D eigenvalue weighted by molar-refractivity contribution is -0.145. The van der Waals surface area contributed by atoms with Gasteiger partial charge in [-0.15, -0.1) is 0 Å². The second kappa shape index (κ2) is 10.3. The molecule has 2 aromatic rings. The van der Waals surface area contributed by atoms with Crippen LogP contribution in [0, 0.1) is 5.92 Å². The Balaban J connectivity index is 1.37. The van der Waals surface area contributed by atoms with Gasteiger partial charge in [-0.2, -0.15) is 0 Å². The smallest absolute Gasteiger partial charge is 0.407 e. The third kappa shape index (κ3) is 4.77. The molecule has 4 rings (SSSR count). The number of nitrogens with one attached hydrogen (secondary N) is 2. The number of hydrogen-bond acceptors (Lipinski definition) is 5. The lowest BCUT2D eigenvalue weighted by atomic mass is 9.98. The number of carboxylic acid groups (broad SMARTS) is 1. The molecule has 0 saturated carbocycles. The normalized spacial score (nSPS) is 20.6. The monoisotopic (exact) mass is 466 g/mol. The van der Waals surface area contributed by atoms with Crippen LogP contribution in [0.1, 0.15) is 43.7 Å². The summed E-state index contributed by atoms with van der Waals surface area (Å²) in [4.78, 5) is 36.9. The fourth-order valence-corrected chi connectivity index (χ4v) is 4.71. The van der Waals surface area contributed by atoms with Crippen LogP contribution < -0.4 is 10.6 Å². The van der Waals surface area contributed by atoms with E-state index in [1.54, 1.807) is 6.92 Å². The van der Waals surface area contributed by atoms with Crippen LogP contribution >= 0.6 is 0 Å². The number of aliphatic carboxylic acids is 1. The summed E-state index contributed by atoms with van der Waals surface area (Å²) in [5.74, 6) is -1.95. The number of alkyl carbamates (subject to hydrolysis) is 1. The zero-order valence-corrected chi connectivity index (χ0v) is 19.3. The molecule has 1 aliphatic heterocycles. The fraction of sp³-hybridized carbons (Fsp3) is 0.423. The molecule has 3 N–H and O–H groups in total. The van der Waals surface area contributed by atoms with Gasteiger partial charge in [-0.3, -0.25) is 4.79 Å². The number of hydrogen-bond donors (Lipinski definition) is 3. The highest BCUT2D eigenvalue weighted by atomic mass is 16.6. The summed E-state index contributed by atoms with van der Waals surface area (Å²) in [6.45, 7) is 4.08. The van der Waals surface area contributed by atoms with E-state index in [4.69, 9.17) is 9.47 Å². The molecular weight excluding hydrogens is 436 g/mol. The van der Waals surface area contributed by atoms with Crippen LogP contribution in [0.15, 0.2) is 48.5 Å². The van der Waals surface area contributed by atoms with Crippen molar-refractivity contribution in [3.8, 4) is 11.1 Å². The predicted octanol–water partition coefficient (Wildman–Crippen LogP) is 3.30. The Labute approximate surface area is 198 Å². The molecule has 2 aromatic carbocycles. The Morgan fingerprint density at radius 2 is 1.71 bits per heavy atom. The first-order valence-electron chi connectivity index (χ1n) is 11.7. The highest BCUT2D eigenvalue weighted by Crippen LogP contribution is 2.44. The minimum Gasteiger partial charge on any atom is -0.480 e. The zero-order valence-electron chi connectivity index (χ0n) is 19.3. The summed E-state index contributed by atoms with van der Waals surface area (Å²) in [5.41, 5.74) is 4.51. The molecular formula is C26H30N2O6. The Bertz CT molecular complexity index is 1030. The molecule has 4 atom stereocenters. The highest BCUT2D eigenvalue weighted by molar-refractivity contribution is 5.87. The summed E-state index contributed by atoms with van der Waals surface area (Å²) in [7, 11) is 0. The Hall–Kier alpha value is -3.39. The van der Waals surface area contributed by atoms with E-state index in [1.807, 2.05) is 43.3 Å². The highest BCUT2D eigenvalue weighted by Gasteiger charge is 2.38. The molecule has 8 heteroatoms. The van der Waals surface area contributed by atoms with E-state index in [2.05, 4.69) is 22.8 Å². The lowest BCUT2D eigenvalue weighted by Gasteiger charge is -2.24. The Morgan fingerprint density at radius 1 is 1.09 bits per heavy atom. The van der Waals surface area contributed by atoms with Gasteiger partial charge < -0.3 is 25.2 Å². The summed E-state index contributed by atoms with van der Waals surface area (Å²) < 4.78 is 11.1. The maximum absolute atomic E-state index is 12.7. The molecule has 34 heavy (non-hydrogen) atoms. The summed E-state index contributed by atoms with van der Waals surface area (Å²) >= 11 is 0. The molecule has 0 bridgehead atoms. The molecule has 2 aliphatic rings. The maximum Gasteiger partial charge on any atom is 0.407 e. The van der Waals surface area contributed by atoms with E-state index < -0.39 is 36.2 Å². The molecule has 1 aliphatic carbocycles. The minimum absolute atomic E-state index is 0.0658. The van der Waals surface area contributed by atoms with E-state index in [0.29, 0.717) is 12.8 Å². The standard InChI is InChI=1S/C26H30N2O6/c1-3-15(2)22(25(30)31)28-24(29)23-21(12-13-33-23)27-26(32)34-14-20-18-10-6-4-8-16(18)17-9-5-7-11-19(17)20/h4-11,15,20-23H,3,12-14H2,1-2H3,(H,27,32)(H,28,29)(H,30,31)/t15-,21-,22-,23+/m0/s1. The van der Waals surface area contributed by atoms with Gasteiger partial charge in [0, 0.05) is 12.5 Å². The van der Waals surface area contributed by atoms with Crippen molar-refractivity contribution >= 4 is 18.0 Å². The van der Waals surface area contributed by atoms with Gasteiger partial charge in [0.05, 0.1) is 6.04 Å². The zero-order chi connectivity index (χ0) is 24.2. The molecule has 1 saturated heterocycles. The van der Waals surface area contributed by atoms with E-state index in [0.717, 1.165) is 22.3 Å². The van der Waals surface area contributed by atoms with Crippen molar-refractivity contribution < 1.29 is 29.0 Å². The van der Waals surface area contributed by atoms with Crippen molar-refractivity contribution in [3.63, 3.8) is 0 Å². The van der Waals surface area contributed by atoms with Crippen LogP contribution in [0.3, 0.4) is 0 Å². The number of fused-ring (bicyclic) bond motifs is 3. The van der Waals surface area contributed by atoms with Gasteiger partial charge in [-0.1, -0.05) is 68.8 Å². The summed E-state index contributed by atoms with van der Waals surface area (Å²) in [6.07, 6.45) is -0.564. The number of amides is 2. The van der Waals surface area contributed by atoms with Gasteiger partial charge in [0.2, 0.25) is 0 Å². The van der Waals surface area contributed by atoms with Crippen LogP contribution in [-0.4, -0.2) is 54.5 Å². The second-order valence-electron chi connectivity index (χ2n) is 8.87. The van der Waals surface area contributed by atoms with Crippen molar-refractivity contribution in [1.82, 2.24) is 10.6 Å². The number of ether oxygens (including phenoxy) is 2. The summed E-state index contributed by atoms with van der Waals surface area (Å²) in [6, 6.07) is 14.5. The first kappa shape index (κ1) is 23.8. The molecule has 180 valence electrons. The van der Waals surface area contributed by atoms with Gasteiger partial charge in [0.15, 0.2) is 6.10 Å². The molecule has 1 fully saturated rings. The number of benzene rings is 2. The molecule has 8 nitrogen and oxygen atoms in total. The van der Waals surface area contributed by atoms with Gasteiger partial charge in [-0.25, -0.2) is 9.59 Å². The minimum atomic E-state index is -1.10. The van der Waals surface area contributed by atoms with Gasteiger partial charge in [-0.05, 0) is 34.6 Å². The molecule has 0 radical (unpaired) electrons. The number of rotatable bonds is 8. The third-order valence-corrected chi connectivity index (χ3v) is 6.77. The third-order valence-electron chi connectivity index (χ3n) is 6.77. The second-order valence-corrected chi connectivity index (χ2v) is 8.87. The first-order valence-corrected chi connectivity index (χ1v) is 11.7.